The van der Waals surface area contributed by atoms with Crippen LogP contribution in [-0.4, -0.2) is 21.2 Å². The van der Waals surface area contributed by atoms with Crippen molar-refractivity contribution >= 4 is 44.9 Å². The number of rotatable bonds is 3. The van der Waals surface area contributed by atoms with E-state index in [0.717, 1.165) is 21.0 Å². The van der Waals surface area contributed by atoms with Gasteiger partial charge in [-0.3, -0.25) is 5.43 Å². The van der Waals surface area contributed by atoms with E-state index in [-0.39, 0.29) is 5.41 Å². The number of anilines is 1. The van der Waals surface area contributed by atoms with Crippen LogP contribution in [-0.2, 0) is 5.41 Å². The number of aromatic nitrogens is 3. The monoisotopic (exact) mass is 317 g/mol. The molecular formula is C14H15N5S2. The Morgan fingerprint density at radius 3 is 2.81 bits per heavy atom. The first-order valence-corrected chi connectivity index (χ1v) is 8.17. The summed E-state index contributed by atoms with van der Waals surface area (Å²) in [4.78, 5) is 15.0. The minimum absolute atomic E-state index is 0.104. The maximum absolute atomic E-state index is 4.34. The molecule has 0 bridgehead atoms. The average molecular weight is 317 g/mol. The molecule has 108 valence electrons. The first-order valence-electron chi connectivity index (χ1n) is 6.47. The summed E-state index contributed by atoms with van der Waals surface area (Å²) in [6.07, 6.45) is 5.01. The summed E-state index contributed by atoms with van der Waals surface area (Å²) in [7, 11) is 0. The molecule has 0 aliphatic heterocycles. The molecule has 5 nitrogen and oxygen atoms in total. The van der Waals surface area contributed by atoms with Crippen LogP contribution in [0, 0.1) is 0 Å². The Morgan fingerprint density at radius 2 is 2.10 bits per heavy atom. The second-order valence-electron chi connectivity index (χ2n) is 5.54. The molecule has 0 atom stereocenters. The van der Waals surface area contributed by atoms with Crippen LogP contribution in [0.4, 0.5) is 5.82 Å². The molecule has 0 aromatic carbocycles. The summed E-state index contributed by atoms with van der Waals surface area (Å²) in [6.45, 7) is 6.58. The molecule has 0 aliphatic carbocycles. The van der Waals surface area contributed by atoms with Crippen molar-refractivity contribution in [3.8, 4) is 0 Å². The summed E-state index contributed by atoms with van der Waals surface area (Å²) in [5.74, 6) is 0.722. The van der Waals surface area contributed by atoms with Gasteiger partial charge in [-0.25, -0.2) is 15.0 Å². The van der Waals surface area contributed by atoms with Gasteiger partial charge in [-0.15, -0.1) is 22.7 Å². The molecular weight excluding hydrogens is 302 g/mol. The number of fused-ring (bicyclic) bond motifs is 1. The second kappa shape index (κ2) is 5.50. The SMILES string of the molecule is CC(C)(C)c1cc2c(N/N=C/c3nccs3)ncnc2s1. The van der Waals surface area contributed by atoms with Gasteiger partial charge in [0.1, 0.15) is 16.2 Å². The number of hydrogen-bond donors (Lipinski definition) is 1. The molecule has 0 aliphatic rings. The number of thiophene rings is 1. The average Bonchev–Trinajstić information content (AvgIpc) is 3.06. The van der Waals surface area contributed by atoms with Crippen LogP contribution in [0.15, 0.2) is 29.1 Å². The molecule has 0 unspecified atom stereocenters. The van der Waals surface area contributed by atoms with Gasteiger partial charge in [-0.05, 0) is 11.5 Å². The van der Waals surface area contributed by atoms with Crippen molar-refractivity contribution < 1.29 is 0 Å². The fourth-order valence-corrected chi connectivity index (χ4v) is 3.31. The largest absolute Gasteiger partial charge is 0.261 e. The van der Waals surface area contributed by atoms with Gasteiger partial charge in [0.05, 0.1) is 11.6 Å². The first-order chi connectivity index (χ1) is 10.0. The Labute approximate surface area is 130 Å². The molecule has 0 radical (unpaired) electrons. The molecule has 3 aromatic heterocycles. The van der Waals surface area contributed by atoms with Gasteiger partial charge in [-0.1, -0.05) is 20.8 Å². The summed E-state index contributed by atoms with van der Waals surface area (Å²) in [5.41, 5.74) is 3.09. The normalized spacial score (nSPS) is 12.3. The lowest BCUT2D eigenvalue weighted by Crippen LogP contribution is -2.07. The van der Waals surface area contributed by atoms with Gasteiger partial charge in [0.25, 0.3) is 0 Å². The van der Waals surface area contributed by atoms with Crippen molar-refractivity contribution in [1.29, 1.82) is 0 Å². The minimum Gasteiger partial charge on any atom is -0.261 e. The molecule has 1 N–H and O–H groups in total. The zero-order valence-electron chi connectivity index (χ0n) is 12.0. The zero-order chi connectivity index (χ0) is 14.9. The zero-order valence-corrected chi connectivity index (χ0v) is 13.6. The van der Waals surface area contributed by atoms with Crippen molar-refractivity contribution in [2.45, 2.75) is 26.2 Å². The molecule has 3 rings (SSSR count). The third kappa shape index (κ3) is 3.08. The Hall–Kier alpha value is -1.86. The van der Waals surface area contributed by atoms with Crippen LogP contribution in [0.3, 0.4) is 0 Å². The molecule has 0 spiro atoms. The van der Waals surface area contributed by atoms with Gasteiger partial charge in [0.15, 0.2) is 5.82 Å². The third-order valence-electron chi connectivity index (χ3n) is 2.87. The Balaban J connectivity index is 1.90. The Bertz CT molecular complexity index is 768. The highest BCUT2D eigenvalue weighted by Gasteiger charge is 2.18. The van der Waals surface area contributed by atoms with Crippen molar-refractivity contribution in [1.82, 2.24) is 15.0 Å². The summed E-state index contributed by atoms with van der Waals surface area (Å²) < 4.78 is 0. The van der Waals surface area contributed by atoms with E-state index in [1.54, 1.807) is 30.1 Å². The Morgan fingerprint density at radius 1 is 1.24 bits per heavy atom. The molecule has 0 amide bonds. The van der Waals surface area contributed by atoms with E-state index in [1.807, 2.05) is 5.38 Å². The number of nitrogens with zero attached hydrogens (tertiary/aromatic N) is 4. The summed E-state index contributed by atoms with van der Waals surface area (Å²) >= 11 is 3.23. The lowest BCUT2D eigenvalue weighted by molar-refractivity contribution is 0.604. The lowest BCUT2D eigenvalue weighted by Gasteiger charge is -2.14. The highest BCUT2D eigenvalue weighted by Crippen LogP contribution is 2.35. The van der Waals surface area contributed by atoms with E-state index in [0.29, 0.717) is 0 Å². The highest BCUT2D eigenvalue weighted by molar-refractivity contribution is 7.18. The summed E-state index contributed by atoms with van der Waals surface area (Å²) in [6, 6.07) is 2.14. The lowest BCUT2D eigenvalue weighted by atomic mass is 9.94. The second-order valence-corrected chi connectivity index (χ2v) is 7.50. The number of nitrogens with one attached hydrogen (secondary N) is 1. The predicted octanol–water partition coefficient (Wildman–Crippen LogP) is 3.89. The quantitative estimate of drug-likeness (QED) is 0.588. The topological polar surface area (TPSA) is 63.1 Å². The molecule has 21 heavy (non-hydrogen) atoms. The molecule has 3 aromatic rings. The van der Waals surface area contributed by atoms with Gasteiger partial charge in [0, 0.05) is 16.5 Å². The van der Waals surface area contributed by atoms with E-state index in [9.17, 15) is 0 Å². The van der Waals surface area contributed by atoms with Crippen LogP contribution >= 0.6 is 22.7 Å². The van der Waals surface area contributed by atoms with Gasteiger partial charge in [0.2, 0.25) is 0 Å². The fourth-order valence-electron chi connectivity index (χ4n) is 1.76. The van der Waals surface area contributed by atoms with Gasteiger partial charge < -0.3 is 0 Å². The molecule has 0 saturated heterocycles. The van der Waals surface area contributed by atoms with E-state index >= 15 is 0 Å². The standard InChI is InChI=1S/C14H15N5S2/c1-14(2,3)10-6-9-12(16-8-17-13(9)21-10)19-18-7-11-15-4-5-20-11/h4-8H,1-3H3,(H,16,17,19)/b18-7+. The maximum Gasteiger partial charge on any atom is 0.158 e. The maximum atomic E-state index is 4.34. The third-order valence-corrected chi connectivity index (χ3v) is 5.04. The van der Waals surface area contributed by atoms with Crippen LogP contribution in [0.1, 0.15) is 30.7 Å². The van der Waals surface area contributed by atoms with Crippen molar-refractivity contribution in [3.63, 3.8) is 0 Å². The van der Waals surface area contributed by atoms with Crippen molar-refractivity contribution in [2.75, 3.05) is 5.43 Å². The highest BCUT2D eigenvalue weighted by atomic mass is 32.1. The van der Waals surface area contributed by atoms with Crippen LogP contribution in [0.25, 0.3) is 10.2 Å². The van der Waals surface area contributed by atoms with E-state index in [2.05, 4.69) is 52.3 Å². The van der Waals surface area contributed by atoms with Crippen LogP contribution < -0.4 is 5.43 Å². The first kappa shape index (κ1) is 14.1. The van der Waals surface area contributed by atoms with E-state index < -0.39 is 0 Å². The van der Waals surface area contributed by atoms with Crippen molar-refractivity contribution in [2.24, 2.45) is 5.10 Å². The van der Waals surface area contributed by atoms with Gasteiger partial charge >= 0.3 is 0 Å². The molecule has 0 fully saturated rings. The number of thiazole rings is 1. The fraction of sp³-hybridized carbons (Fsp3) is 0.286. The predicted molar refractivity (Wildman–Crippen MR) is 89.4 cm³/mol. The number of hydrogen-bond acceptors (Lipinski definition) is 7. The molecule has 7 heteroatoms. The van der Waals surface area contributed by atoms with Crippen LogP contribution in [0.2, 0.25) is 0 Å². The van der Waals surface area contributed by atoms with Crippen molar-refractivity contribution in [3.05, 3.63) is 33.9 Å². The number of hydrazone groups is 1. The molecule has 3 heterocycles. The van der Waals surface area contributed by atoms with Crippen LogP contribution in [0.5, 0.6) is 0 Å². The smallest absolute Gasteiger partial charge is 0.158 e. The molecule has 0 saturated carbocycles. The van der Waals surface area contributed by atoms with Gasteiger partial charge in [-0.2, -0.15) is 5.10 Å². The minimum atomic E-state index is 0.104. The summed E-state index contributed by atoms with van der Waals surface area (Å²) in [5, 5.41) is 7.97. The Kier molecular flexibility index (Phi) is 3.69. The van der Waals surface area contributed by atoms with E-state index in [4.69, 9.17) is 0 Å². The van der Waals surface area contributed by atoms with E-state index in [1.165, 1.54) is 16.2 Å².